The number of carbonyl (C=O) groups is 2. The number of nitrogens with zero attached hydrogens (tertiary/aromatic N) is 1. The summed E-state index contributed by atoms with van der Waals surface area (Å²) in [7, 11) is 0. The Hall–Kier alpha value is -3.01. The summed E-state index contributed by atoms with van der Waals surface area (Å²) in [6.07, 6.45) is 0. The molecule has 0 unspecified atom stereocenters. The number of nitrogen functional groups attached to an aromatic ring is 1. The zero-order valence-electron chi connectivity index (χ0n) is 15.8. The Bertz CT molecular complexity index is 898. The van der Waals surface area contributed by atoms with Crippen LogP contribution in [0.1, 0.15) is 31.1 Å². The Morgan fingerprint density at radius 3 is 2.50 bits per heavy atom. The van der Waals surface area contributed by atoms with E-state index in [1.807, 2.05) is 6.92 Å². The lowest BCUT2D eigenvalue weighted by molar-refractivity contribution is -0.142. The fraction of sp³-hybridized carbons (Fsp3) is 0.333. The normalized spacial score (nSPS) is 11.5. The molecule has 2 rings (SSSR count). The second kappa shape index (κ2) is 9.79. The summed E-state index contributed by atoms with van der Waals surface area (Å²) in [5, 5.41) is 2.04. The highest BCUT2D eigenvalue weighted by atomic mass is 32.2. The first-order chi connectivity index (χ1) is 13.3. The second-order valence-electron chi connectivity index (χ2n) is 5.55. The fourth-order valence-electron chi connectivity index (χ4n) is 2.18. The molecule has 1 amide bonds. The Kier molecular flexibility index (Phi) is 7.44. The number of esters is 1. The molecule has 1 aromatic heterocycles. The van der Waals surface area contributed by atoms with Crippen LogP contribution >= 0.6 is 11.8 Å². The molecule has 0 fully saturated rings. The highest BCUT2D eigenvalue weighted by Gasteiger charge is 2.19. The third kappa shape index (κ3) is 5.49. The third-order valence-corrected chi connectivity index (χ3v) is 4.46. The molecule has 0 bridgehead atoms. The molecule has 10 heteroatoms. The van der Waals surface area contributed by atoms with E-state index in [0.717, 1.165) is 11.8 Å². The van der Waals surface area contributed by atoms with E-state index < -0.39 is 22.7 Å². The van der Waals surface area contributed by atoms with Crippen LogP contribution in [0.5, 0.6) is 5.75 Å². The summed E-state index contributed by atoms with van der Waals surface area (Å²) < 4.78 is 10.2. The summed E-state index contributed by atoms with van der Waals surface area (Å²) in [6, 6.07) is 6.45. The molecule has 28 heavy (non-hydrogen) atoms. The van der Waals surface area contributed by atoms with Crippen LogP contribution in [0.15, 0.2) is 34.2 Å². The minimum Gasteiger partial charge on any atom is -0.494 e. The van der Waals surface area contributed by atoms with E-state index in [9.17, 15) is 14.4 Å². The number of amides is 1. The van der Waals surface area contributed by atoms with Gasteiger partial charge in [0.1, 0.15) is 16.7 Å². The van der Waals surface area contributed by atoms with Crippen LogP contribution in [-0.4, -0.2) is 40.3 Å². The lowest BCUT2D eigenvalue weighted by Crippen LogP contribution is -2.24. The summed E-state index contributed by atoms with van der Waals surface area (Å²) in [4.78, 5) is 42.9. The summed E-state index contributed by atoms with van der Waals surface area (Å²) in [6.45, 7) is 5.96. The topological polar surface area (TPSA) is 136 Å². The van der Waals surface area contributed by atoms with Gasteiger partial charge >= 0.3 is 5.97 Å². The zero-order chi connectivity index (χ0) is 20.7. The molecular weight excluding hydrogens is 384 g/mol. The van der Waals surface area contributed by atoms with Gasteiger partial charge in [0.05, 0.1) is 13.2 Å². The molecule has 150 valence electrons. The number of aromatic nitrogens is 2. The summed E-state index contributed by atoms with van der Waals surface area (Å²) >= 11 is 1.00. The molecular formula is C18H22N4O5S. The molecule has 1 atom stereocenters. The zero-order valence-corrected chi connectivity index (χ0v) is 16.6. The predicted octanol–water partition coefficient (Wildman–Crippen LogP) is 2.05. The Labute approximate surface area is 166 Å². The van der Waals surface area contributed by atoms with Crippen LogP contribution in [0.2, 0.25) is 0 Å². The molecule has 0 saturated heterocycles. The molecule has 2 aromatic rings. The van der Waals surface area contributed by atoms with Gasteiger partial charge in [0.2, 0.25) is 0 Å². The van der Waals surface area contributed by atoms with E-state index in [0.29, 0.717) is 17.9 Å². The van der Waals surface area contributed by atoms with E-state index in [2.05, 4.69) is 15.3 Å². The number of nitrogens with one attached hydrogen (secondary N) is 2. The molecule has 9 nitrogen and oxygen atoms in total. The van der Waals surface area contributed by atoms with Crippen LogP contribution in [0.25, 0.3) is 0 Å². The number of ether oxygens (including phenoxy) is 2. The molecule has 1 heterocycles. The average molecular weight is 406 g/mol. The van der Waals surface area contributed by atoms with E-state index in [4.69, 9.17) is 15.2 Å². The predicted molar refractivity (Wildman–Crippen MR) is 107 cm³/mol. The van der Waals surface area contributed by atoms with Gasteiger partial charge in [-0.05, 0) is 45.0 Å². The van der Waals surface area contributed by atoms with Crippen molar-refractivity contribution in [3.05, 3.63) is 40.2 Å². The van der Waals surface area contributed by atoms with Crippen LogP contribution in [-0.2, 0) is 9.53 Å². The number of H-pyrrole nitrogens is 1. The van der Waals surface area contributed by atoms with Gasteiger partial charge in [-0.1, -0.05) is 11.8 Å². The van der Waals surface area contributed by atoms with Crippen LogP contribution < -0.4 is 21.3 Å². The molecule has 4 N–H and O–H groups in total. The standard InChI is InChI=1S/C18H22N4O5S/c1-4-26-12-8-6-11(7-9-12)15(23)20-13-14(19)21-18(22-16(13)24)28-10(3)17(25)27-5-2/h6-10H,4-5H2,1-3H3,(H,20,23)(H3,19,21,22,24)/t10-/m1/s1. The van der Waals surface area contributed by atoms with Gasteiger partial charge in [0.15, 0.2) is 11.0 Å². The van der Waals surface area contributed by atoms with Crippen molar-refractivity contribution >= 4 is 35.1 Å². The minimum atomic E-state index is -0.620. The van der Waals surface area contributed by atoms with Crippen molar-refractivity contribution < 1.29 is 19.1 Å². The molecule has 0 aliphatic heterocycles. The van der Waals surface area contributed by atoms with Gasteiger partial charge in [-0.25, -0.2) is 4.98 Å². The van der Waals surface area contributed by atoms with Crippen molar-refractivity contribution in [3.8, 4) is 5.75 Å². The van der Waals surface area contributed by atoms with E-state index in [1.54, 1.807) is 38.1 Å². The quantitative estimate of drug-likeness (QED) is 0.344. The Morgan fingerprint density at radius 1 is 1.25 bits per heavy atom. The van der Waals surface area contributed by atoms with E-state index >= 15 is 0 Å². The monoisotopic (exact) mass is 406 g/mol. The second-order valence-corrected chi connectivity index (χ2v) is 6.88. The number of hydrogen-bond acceptors (Lipinski definition) is 8. The molecule has 0 radical (unpaired) electrons. The van der Waals surface area contributed by atoms with Crippen LogP contribution in [0, 0.1) is 0 Å². The first-order valence-corrected chi connectivity index (χ1v) is 9.50. The average Bonchev–Trinajstić information content (AvgIpc) is 2.65. The SMILES string of the molecule is CCOC(=O)[C@@H](C)Sc1nc(N)c(NC(=O)c2ccc(OCC)cc2)c(=O)[nH]1. The van der Waals surface area contributed by atoms with Gasteiger partial charge in [0, 0.05) is 5.56 Å². The highest BCUT2D eigenvalue weighted by Crippen LogP contribution is 2.22. The van der Waals surface area contributed by atoms with Crippen molar-refractivity contribution in [2.75, 3.05) is 24.3 Å². The van der Waals surface area contributed by atoms with Gasteiger partial charge in [-0.3, -0.25) is 19.4 Å². The maximum atomic E-state index is 12.4. The maximum Gasteiger partial charge on any atom is 0.319 e. The van der Waals surface area contributed by atoms with Crippen LogP contribution in [0.3, 0.4) is 0 Å². The number of carbonyl (C=O) groups excluding carboxylic acids is 2. The highest BCUT2D eigenvalue weighted by molar-refractivity contribution is 8.00. The smallest absolute Gasteiger partial charge is 0.319 e. The molecule has 1 aromatic carbocycles. The van der Waals surface area contributed by atoms with Gasteiger partial charge in [-0.15, -0.1) is 0 Å². The lowest BCUT2D eigenvalue weighted by Gasteiger charge is -2.11. The largest absolute Gasteiger partial charge is 0.494 e. The van der Waals surface area contributed by atoms with E-state index in [1.165, 1.54) is 0 Å². The number of benzene rings is 1. The van der Waals surface area contributed by atoms with Crippen molar-refractivity contribution in [3.63, 3.8) is 0 Å². The molecule has 0 spiro atoms. The van der Waals surface area contributed by atoms with Crippen molar-refractivity contribution in [2.24, 2.45) is 0 Å². The molecule has 0 aliphatic carbocycles. The fourth-order valence-corrected chi connectivity index (χ4v) is 2.98. The summed E-state index contributed by atoms with van der Waals surface area (Å²) in [5.74, 6) is -0.458. The van der Waals surface area contributed by atoms with Crippen molar-refractivity contribution in [1.29, 1.82) is 0 Å². The Morgan fingerprint density at radius 2 is 1.93 bits per heavy atom. The number of thioether (sulfide) groups is 1. The summed E-state index contributed by atoms with van der Waals surface area (Å²) in [5.41, 5.74) is 5.38. The third-order valence-electron chi connectivity index (χ3n) is 3.50. The van der Waals surface area contributed by atoms with E-state index in [-0.39, 0.29) is 23.3 Å². The van der Waals surface area contributed by atoms with Crippen molar-refractivity contribution in [2.45, 2.75) is 31.2 Å². The lowest BCUT2D eigenvalue weighted by atomic mass is 10.2. The van der Waals surface area contributed by atoms with Gasteiger partial charge in [-0.2, -0.15) is 0 Å². The number of nitrogens with two attached hydrogens (primary N) is 1. The number of hydrogen-bond donors (Lipinski definition) is 3. The Balaban J connectivity index is 2.13. The van der Waals surface area contributed by atoms with Crippen LogP contribution in [0.4, 0.5) is 11.5 Å². The van der Waals surface area contributed by atoms with Gasteiger partial charge < -0.3 is 20.5 Å². The van der Waals surface area contributed by atoms with Crippen molar-refractivity contribution in [1.82, 2.24) is 9.97 Å². The number of aromatic amines is 1. The molecule has 0 saturated carbocycles. The maximum absolute atomic E-state index is 12.4. The first kappa shape index (κ1) is 21.3. The number of anilines is 2. The molecule has 0 aliphatic rings. The van der Waals surface area contributed by atoms with Gasteiger partial charge in [0.25, 0.3) is 11.5 Å². The minimum absolute atomic E-state index is 0.151. The number of rotatable bonds is 8. The first-order valence-electron chi connectivity index (χ1n) is 8.63.